The number of nitrogens with zero attached hydrogens (tertiary/aromatic N) is 4. The highest BCUT2D eigenvalue weighted by Crippen LogP contribution is 2.44. The Hall–Kier alpha value is -2.02. The lowest BCUT2D eigenvalue weighted by atomic mass is 9.83. The van der Waals surface area contributed by atoms with Crippen LogP contribution in [0.5, 0.6) is 5.75 Å². The SMILES string of the molecule is c1cnc([C@@H]2CN3CCC[C@H]3c3cc(OCCCN4CCOCC4)ccc32)cn1. The Kier molecular flexibility index (Phi) is 5.74. The molecule has 154 valence electrons. The summed E-state index contributed by atoms with van der Waals surface area (Å²) in [6, 6.07) is 7.22. The fraction of sp³-hybridized carbons (Fsp3) is 0.565. The number of morpholine rings is 1. The number of hydrogen-bond donors (Lipinski definition) is 0. The van der Waals surface area contributed by atoms with E-state index in [-0.39, 0.29) is 0 Å². The third kappa shape index (κ3) is 4.15. The highest BCUT2D eigenvalue weighted by molar-refractivity contribution is 5.45. The molecule has 6 nitrogen and oxygen atoms in total. The molecule has 0 unspecified atom stereocenters. The van der Waals surface area contributed by atoms with Crippen LogP contribution in [0.3, 0.4) is 0 Å². The summed E-state index contributed by atoms with van der Waals surface area (Å²) in [5, 5.41) is 0. The zero-order valence-electron chi connectivity index (χ0n) is 17.0. The first-order valence-corrected chi connectivity index (χ1v) is 11.0. The van der Waals surface area contributed by atoms with Crippen LogP contribution >= 0.6 is 0 Å². The van der Waals surface area contributed by atoms with Crippen molar-refractivity contribution in [2.75, 3.05) is 52.5 Å². The van der Waals surface area contributed by atoms with Gasteiger partial charge in [-0.1, -0.05) is 6.07 Å². The van der Waals surface area contributed by atoms with Gasteiger partial charge in [0.2, 0.25) is 0 Å². The Labute approximate surface area is 172 Å². The van der Waals surface area contributed by atoms with E-state index >= 15 is 0 Å². The molecule has 29 heavy (non-hydrogen) atoms. The predicted molar refractivity (Wildman–Crippen MR) is 111 cm³/mol. The number of fused-ring (bicyclic) bond motifs is 3. The molecule has 1 aromatic carbocycles. The monoisotopic (exact) mass is 394 g/mol. The van der Waals surface area contributed by atoms with Gasteiger partial charge in [-0.15, -0.1) is 0 Å². The van der Waals surface area contributed by atoms with Crippen LogP contribution in [0.25, 0.3) is 0 Å². The second-order valence-corrected chi connectivity index (χ2v) is 8.28. The molecule has 0 amide bonds. The van der Waals surface area contributed by atoms with Crippen molar-refractivity contribution < 1.29 is 9.47 Å². The van der Waals surface area contributed by atoms with E-state index < -0.39 is 0 Å². The summed E-state index contributed by atoms with van der Waals surface area (Å²) in [5.74, 6) is 1.29. The van der Waals surface area contributed by atoms with Gasteiger partial charge in [0.15, 0.2) is 0 Å². The van der Waals surface area contributed by atoms with E-state index in [0.29, 0.717) is 12.0 Å². The molecule has 5 rings (SSSR count). The Morgan fingerprint density at radius 3 is 2.90 bits per heavy atom. The standard InChI is InChI=1S/C23H30N4O2/c1-3-23-20-15-18(29-12-2-8-26-10-13-28-14-11-26)4-5-19(20)21(17-27(23)9-1)22-16-24-6-7-25-22/h4-7,15-16,21,23H,1-3,8-14,17H2/t21-,23+/m1/s1. The third-order valence-electron chi connectivity index (χ3n) is 6.50. The van der Waals surface area contributed by atoms with Crippen molar-refractivity contribution in [2.45, 2.75) is 31.2 Å². The van der Waals surface area contributed by atoms with Gasteiger partial charge in [-0.3, -0.25) is 19.8 Å². The van der Waals surface area contributed by atoms with Gasteiger partial charge >= 0.3 is 0 Å². The second kappa shape index (κ2) is 8.78. The largest absolute Gasteiger partial charge is 0.494 e. The maximum absolute atomic E-state index is 6.15. The maximum atomic E-state index is 6.15. The summed E-state index contributed by atoms with van der Waals surface area (Å²) in [6.45, 7) is 7.85. The number of rotatable bonds is 6. The summed E-state index contributed by atoms with van der Waals surface area (Å²) in [5.41, 5.74) is 3.89. The molecule has 4 heterocycles. The van der Waals surface area contributed by atoms with Crippen molar-refractivity contribution in [3.05, 3.63) is 53.6 Å². The molecule has 3 aliphatic rings. The lowest BCUT2D eigenvalue weighted by Gasteiger charge is -2.37. The number of benzene rings is 1. The fourth-order valence-corrected chi connectivity index (χ4v) is 5.02. The molecule has 0 spiro atoms. The van der Waals surface area contributed by atoms with Crippen LogP contribution in [0.1, 0.15) is 48.0 Å². The van der Waals surface area contributed by atoms with Crippen LogP contribution < -0.4 is 4.74 Å². The Bertz CT molecular complexity index is 810. The molecule has 0 bridgehead atoms. The lowest BCUT2D eigenvalue weighted by molar-refractivity contribution is 0.0358. The number of ether oxygens (including phenoxy) is 2. The van der Waals surface area contributed by atoms with Crippen LogP contribution in [0.2, 0.25) is 0 Å². The van der Waals surface area contributed by atoms with E-state index in [1.54, 1.807) is 12.4 Å². The van der Waals surface area contributed by atoms with Crippen LogP contribution in [0.15, 0.2) is 36.8 Å². The predicted octanol–water partition coefficient (Wildman–Crippen LogP) is 2.86. The summed E-state index contributed by atoms with van der Waals surface area (Å²) >= 11 is 0. The van der Waals surface area contributed by atoms with Gasteiger partial charge in [0.05, 0.1) is 25.5 Å². The smallest absolute Gasteiger partial charge is 0.119 e. The molecule has 1 aromatic heterocycles. The van der Waals surface area contributed by atoms with Gasteiger partial charge in [0.1, 0.15) is 5.75 Å². The summed E-state index contributed by atoms with van der Waals surface area (Å²) in [6.07, 6.45) is 9.02. The van der Waals surface area contributed by atoms with Gasteiger partial charge in [-0.05, 0) is 49.1 Å². The van der Waals surface area contributed by atoms with Gasteiger partial charge in [0.25, 0.3) is 0 Å². The van der Waals surface area contributed by atoms with Crippen molar-refractivity contribution >= 4 is 0 Å². The quantitative estimate of drug-likeness (QED) is 0.703. The van der Waals surface area contributed by atoms with Crippen molar-refractivity contribution in [2.24, 2.45) is 0 Å². The Morgan fingerprint density at radius 2 is 2.03 bits per heavy atom. The maximum Gasteiger partial charge on any atom is 0.119 e. The van der Waals surface area contributed by atoms with Crippen LogP contribution in [-0.4, -0.2) is 72.3 Å². The molecule has 2 saturated heterocycles. The van der Waals surface area contributed by atoms with E-state index in [9.17, 15) is 0 Å². The molecule has 2 atom stereocenters. The Morgan fingerprint density at radius 1 is 1.10 bits per heavy atom. The van der Waals surface area contributed by atoms with E-state index in [4.69, 9.17) is 9.47 Å². The molecule has 6 heteroatoms. The van der Waals surface area contributed by atoms with Crippen molar-refractivity contribution in [1.82, 2.24) is 19.8 Å². The average Bonchev–Trinajstić information content (AvgIpc) is 3.26. The van der Waals surface area contributed by atoms with Crippen LogP contribution in [0.4, 0.5) is 0 Å². The minimum Gasteiger partial charge on any atom is -0.494 e. The zero-order chi connectivity index (χ0) is 19.5. The molecule has 0 radical (unpaired) electrons. The lowest BCUT2D eigenvalue weighted by Crippen LogP contribution is -2.37. The first-order valence-electron chi connectivity index (χ1n) is 11.0. The summed E-state index contributed by atoms with van der Waals surface area (Å²) < 4.78 is 11.6. The summed E-state index contributed by atoms with van der Waals surface area (Å²) in [4.78, 5) is 14.0. The molecular formula is C23H30N4O2. The number of aromatic nitrogens is 2. The highest BCUT2D eigenvalue weighted by Gasteiger charge is 2.37. The Balaban J connectivity index is 1.29. The van der Waals surface area contributed by atoms with Crippen molar-refractivity contribution in [3.63, 3.8) is 0 Å². The van der Waals surface area contributed by atoms with Crippen molar-refractivity contribution in [1.29, 1.82) is 0 Å². The van der Waals surface area contributed by atoms with Gasteiger partial charge in [-0.25, -0.2) is 0 Å². The molecule has 0 N–H and O–H groups in total. The minimum atomic E-state index is 0.295. The minimum absolute atomic E-state index is 0.295. The molecular weight excluding hydrogens is 364 g/mol. The van der Waals surface area contributed by atoms with Gasteiger partial charge in [-0.2, -0.15) is 0 Å². The van der Waals surface area contributed by atoms with E-state index in [2.05, 4.69) is 38.0 Å². The van der Waals surface area contributed by atoms with E-state index in [0.717, 1.165) is 63.9 Å². The van der Waals surface area contributed by atoms with Crippen LogP contribution in [0, 0.1) is 0 Å². The fourth-order valence-electron chi connectivity index (χ4n) is 5.02. The first kappa shape index (κ1) is 19.0. The number of hydrogen-bond acceptors (Lipinski definition) is 6. The molecule has 2 aromatic rings. The molecule has 2 fully saturated rings. The molecule has 0 aliphatic carbocycles. The third-order valence-corrected chi connectivity index (χ3v) is 6.50. The van der Waals surface area contributed by atoms with E-state index in [1.807, 2.05) is 6.20 Å². The second-order valence-electron chi connectivity index (χ2n) is 8.28. The van der Waals surface area contributed by atoms with Crippen molar-refractivity contribution in [3.8, 4) is 5.75 Å². The average molecular weight is 395 g/mol. The first-order chi connectivity index (χ1) is 14.4. The normalized spacial score (nSPS) is 24.8. The zero-order valence-corrected chi connectivity index (χ0v) is 17.0. The molecule has 0 saturated carbocycles. The van der Waals surface area contributed by atoms with E-state index in [1.165, 1.54) is 30.5 Å². The summed E-state index contributed by atoms with van der Waals surface area (Å²) in [7, 11) is 0. The van der Waals surface area contributed by atoms with Crippen LogP contribution in [-0.2, 0) is 4.74 Å². The molecule has 3 aliphatic heterocycles. The highest BCUT2D eigenvalue weighted by atomic mass is 16.5. The van der Waals surface area contributed by atoms with Gasteiger partial charge in [0, 0.05) is 56.7 Å². The van der Waals surface area contributed by atoms with Gasteiger partial charge < -0.3 is 9.47 Å². The topological polar surface area (TPSA) is 50.7 Å².